The molecular formula is C21H12F6N4O. The van der Waals surface area contributed by atoms with Crippen molar-refractivity contribution in [3.05, 3.63) is 88.4 Å². The molecule has 2 N–H and O–H groups in total. The second kappa shape index (κ2) is 7.33. The van der Waals surface area contributed by atoms with Gasteiger partial charge in [-0.15, -0.1) is 0 Å². The lowest BCUT2D eigenvalue weighted by molar-refractivity contribution is -0.142. The smallest absolute Gasteiger partial charge is 0.422 e. The molecule has 2 aromatic carbocycles. The molecule has 11 heteroatoms. The molecule has 0 spiro atoms. The second-order valence-electron chi connectivity index (χ2n) is 6.86. The van der Waals surface area contributed by atoms with Crippen molar-refractivity contribution < 1.29 is 31.1 Å². The van der Waals surface area contributed by atoms with E-state index in [0.29, 0.717) is 6.07 Å². The Hall–Kier alpha value is -3.94. The summed E-state index contributed by atoms with van der Waals surface area (Å²) in [4.78, 5) is 0. The summed E-state index contributed by atoms with van der Waals surface area (Å²) in [7, 11) is 0. The van der Waals surface area contributed by atoms with Crippen LogP contribution in [-0.4, -0.2) is 9.78 Å². The number of hydrogen-bond donors (Lipinski definition) is 1. The van der Waals surface area contributed by atoms with Gasteiger partial charge in [0, 0.05) is 0 Å². The molecule has 1 unspecified atom stereocenters. The lowest BCUT2D eigenvalue weighted by Crippen LogP contribution is -2.23. The fraction of sp³-hybridized carbons (Fsp3) is 0.143. The Balaban J connectivity index is 2.04. The van der Waals surface area contributed by atoms with Crippen molar-refractivity contribution in [1.82, 2.24) is 9.78 Å². The number of benzene rings is 2. The number of rotatable bonds is 2. The summed E-state index contributed by atoms with van der Waals surface area (Å²) in [6.45, 7) is 0. The fourth-order valence-corrected chi connectivity index (χ4v) is 3.52. The van der Waals surface area contributed by atoms with E-state index in [1.165, 1.54) is 18.2 Å². The van der Waals surface area contributed by atoms with Crippen molar-refractivity contribution in [2.75, 3.05) is 0 Å². The lowest BCUT2D eigenvalue weighted by atomic mass is 9.83. The average Bonchev–Trinajstić information content (AvgIpc) is 3.12. The van der Waals surface area contributed by atoms with E-state index in [-0.39, 0.29) is 11.3 Å². The van der Waals surface area contributed by atoms with Crippen LogP contribution >= 0.6 is 0 Å². The molecule has 0 fully saturated rings. The average molecular weight is 450 g/mol. The summed E-state index contributed by atoms with van der Waals surface area (Å²) >= 11 is 0. The van der Waals surface area contributed by atoms with Crippen LogP contribution in [0.25, 0.3) is 5.69 Å². The van der Waals surface area contributed by atoms with E-state index in [9.17, 15) is 31.6 Å². The molecule has 1 atom stereocenters. The molecule has 0 bridgehead atoms. The molecule has 0 amide bonds. The predicted molar refractivity (Wildman–Crippen MR) is 99.3 cm³/mol. The van der Waals surface area contributed by atoms with E-state index in [2.05, 4.69) is 5.10 Å². The second-order valence-corrected chi connectivity index (χ2v) is 6.86. The van der Waals surface area contributed by atoms with Gasteiger partial charge in [0.1, 0.15) is 11.6 Å². The minimum atomic E-state index is -4.99. The van der Waals surface area contributed by atoms with Crippen LogP contribution in [0.4, 0.5) is 26.3 Å². The van der Waals surface area contributed by atoms with Crippen LogP contribution in [0, 0.1) is 11.3 Å². The van der Waals surface area contributed by atoms with Gasteiger partial charge in [-0.25, -0.2) is 0 Å². The molecular weight excluding hydrogens is 438 g/mol. The summed E-state index contributed by atoms with van der Waals surface area (Å²) < 4.78 is 87.8. The first-order valence-electron chi connectivity index (χ1n) is 9.02. The van der Waals surface area contributed by atoms with Gasteiger partial charge >= 0.3 is 12.4 Å². The van der Waals surface area contributed by atoms with Crippen LogP contribution in [0.1, 0.15) is 28.3 Å². The third-order valence-corrected chi connectivity index (χ3v) is 4.86. The van der Waals surface area contributed by atoms with Crippen LogP contribution in [0.2, 0.25) is 0 Å². The van der Waals surface area contributed by atoms with Crippen molar-refractivity contribution in [3.8, 4) is 17.6 Å². The number of fused-ring (bicyclic) bond motifs is 1. The number of allylic oxidation sites excluding steroid dienone is 1. The molecule has 32 heavy (non-hydrogen) atoms. The minimum Gasteiger partial charge on any atom is -0.422 e. The molecule has 0 aliphatic carbocycles. The molecule has 5 nitrogen and oxygen atoms in total. The maximum Gasteiger partial charge on any atom is 0.435 e. The Kier molecular flexibility index (Phi) is 4.88. The monoisotopic (exact) mass is 450 g/mol. The van der Waals surface area contributed by atoms with Gasteiger partial charge in [-0.2, -0.15) is 41.4 Å². The highest BCUT2D eigenvalue weighted by Crippen LogP contribution is 2.49. The number of halogens is 6. The largest absolute Gasteiger partial charge is 0.435 e. The Labute approximate surface area is 176 Å². The predicted octanol–water partition coefficient (Wildman–Crippen LogP) is 5.13. The van der Waals surface area contributed by atoms with E-state index in [1.54, 1.807) is 24.3 Å². The molecule has 3 aromatic rings. The van der Waals surface area contributed by atoms with Crippen LogP contribution in [0.15, 0.2) is 66.1 Å². The quantitative estimate of drug-likeness (QED) is 0.550. The SMILES string of the molecule is N#CC1=C(N)Oc2c(c(C(F)(F)F)nn2-c2ccccc2)C1c1cccc(C(F)(F)F)c1. The lowest BCUT2D eigenvalue weighted by Gasteiger charge is -2.25. The molecule has 1 aliphatic rings. The topological polar surface area (TPSA) is 76.9 Å². The summed E-state index contributed by atoms with van der Waals surface area (Å²) in [5.41, 5.74) is 2.30. The molecule has 4 rings (SSSR count). The molecule has 0 saturated heterocycles. The zero-order valence-electron chi connectivity index (χ0n) is 15.9. The summed E-state index contributed by atoms with van der Waals surface area (Å²) in [5, 5.41) is 13.2. The van der Waals surface area contributed by atoms with Gasteiger partial charge in [0.05, 0.1) is 22.7 Å². The first-order valence-corrected chi connectivity index (χ1v) is 9.02. The number of para-hydroxylation sites is 1. The number of ether oxygens (including phenoxy) is 1. The standard InChI is InChI=1S/C21H12F6N4O/c22-20(23,24)12-6-4-5-11(9-12)15-14(10-28)18(29)32-19-16(15)17(21(25,26)27)30-31(19)13-7-2-1-3-8-13/h1-9,15H,29H2. The number of hydrogen-bond acceptors (Lipinski definition) is 4. The number of nitrogens with zero attached hydrogens (tertiary/aromatic N) is 3. The first kappa shape index (κ1) is 21.3. The van der Waals surface area contributed by atoms with Crippen LogP contribution < -0.4 is 10.5 Å². The fourth-order valence-electron chi connectivity index (χ4n) is 3.52. The summed E-state index contributed by atoms with van der Waals surface area (Å²) in [6.07, 6.45) is -9.73. The van der Waals surface area contributed by atoms with E-state index in [1.807, 2.05) is 0 Å². The number of nitriles is 1. The van der Waals surface area contributed by atoms with Gasteiger partial charge < -0.3 is 10.5 Å². The van der Waals surface area contributed by atoms with Crippen LogP contribution in [-0.2, 0) is 12.4 Å². The highest BCUT2D eigenvalue weighted by molar-refractivity contribution is 5.58. The maximum absolute atomic E-state index is 13.9. The maximum atomic E-state index is 13.9. The number of nitrogens with two attached hydrogens (primary N) is 1. The zero-order valence-corrected chi connectivity index (χ0v) is 15.9. The Morgan fingerprint density at radius 1 is 0.969 bits per heavy atom. The van der Waals surface area contributed by atoms with E-state index >= 15 is 0 Å². The zero-order chi connectivity index (χ0) is 23.3. The number of alkyl halides is 6. The highest BCUT2D eigenvalue weighted by atomic mass is 19.4. The van der Waals surface area contributed by atoms with Crippen molar-refractivity contribution in [1.29, 1.82) is 5.26 Å². The Morgan fingerprint density at radius 2 is 1.66 bits per heavy atom. The molecule has 2 heterocycles. The first-order chi connectivity index (χ1) is 15.0. The van der Waals surface area contributed by atoms with Crippen molar-refractivity contribution in [2.45, 2.75) is 18.3 Å². The van der Waals surface area contributed by atoms with Crippen molar-refractivity contribution >= 4 is 0 Å². The van der Waals surface area contributed by atoms with Gasteiger partial charge in [-0.05, 0) is 23.8 Å². The molecule has 1 aromatic heterocycles. The van der Waals surface area contributed by atoms with Gasteiger partial charge in [-0.3, -0.25) is 0 Å². The van der Waals surface area contributed by atoms with E-state index in [4.69, 9.17) is 10.5 Å². The molecule has 0 radical (unpaired) electrons. The molecule has 164 valence electrons. The third-order valence-electron chi connectivity index (χ3n) is 4.86. The number of aromatic nitrogens is 2. The highest BCUT2D eigenvalue weighted by Gasteiger charge is 2.46. The molecule has 0 saturated carbocycles. The normalized spacial score (nSPS) is 16.3. The van der Waals surface area contributed by atoms with E-state index in [0.717, 1.165) is 16.8 Å². The van der Waals surface area contributed by atoms with Crippen molar-refractivity contribution in [3.63, 3.8) is 0 Å². The Bertz CT molecular complexity index is 1250. The summed E-state index contributed by atoms with van der Waals surface area (Å²) in [6, 6.07) is 13.1. The van der Waals surface area contributed by atoms with Gasteiger partial charge in [-0.1, -0.05) is 36.4 Å². The summed E-state index contributed by atoms with van der Waals surface area (Å²) in [5.74, 6) is -2.52. The third kappa shape index (κ3) is 3.53. The Morgan fingerprint density at radius 3 is 2.25 bits per heavy atom. The van der Waals surface area contributed by atoms with Crippen molar-refractivity contribution in [2.24, 2.45) is 5.73 Å². The van der Waals surface area contributed by atoms with Gasteiger partial charge in [0.25, 0.3) is 0 Å². The van der Waals surface area contributed by atoms with E-state index < -0.39 is 52.4 Å². The minimum absolute atomic E-state index is 0.204. The van der Waals surface area contributed by atoms with Gasteiger partial charge in [0.15, 0.2) is 5.69 Å². The van der Waals surface area contributed by atoms with Crippen LogP contribution in [0.5, 0.6) is 5.88 Å². The molecule has 1 aliphatic heterocycles. The van der Waals surface area contributed by atoms with Crippen LogP contribution in [0.3, 0.4) is 0 Å². The van der Waals surface area contributed by atoms with Gasteiger partial charge in [0.2, 0.25) is 11.8 Å².